The molecular weight excluding hydrogens is 280 g/mol. The third-order valence-electron chi connectivity index (χ3n) is 6.92. The zero-order valence-electron chi connectivity index (χ0n) is 16.0. The Hall–Kier alpha value is -0.330. The van der Waals surface area contributed by atoms with Crippen LogP contribution in [0.1, 0.15) is 104 Å². The van der Waals surface area contributed by atoms with Crippen LogP contribution in [0.25, 0.3) is 0 Å². The molecule has 134 valence electrons. The highest BCUT2D eigenvalue weighted by atomic mass is 16.1. The van der Waals surface area contributed by atoms with E-state index in [1.54, 1.807) is 0 Å². The van der Waals surface area contributed by atoms with Crippen molar-refractivity contribution in [1.82, 2.24) is 0 Å². The second kappa shape index (κ2) is 9.84. The average Bonchev–Trinajstić information content (AvgIpc) is 2.58. The van der Waals surface area contributed by atoms with Crippen molar-refractivity contribution in [2.45, 2.75) is 104 Å². The second-order valence-corrected chi connectivity index (χ2v) is 8.64. The highest BCUT2D eigenvalue weighted by molar-refractivity contribution is 5.81. The molecule has 2 aliphatic rings. The number of hydrogen-bond donors (Lipinski definition) is 0. The van der Waals surface area contributed by atoms with E-state index in [4.69, 9.17) is 0 Å². The van der Waals surface area contributed by atoms with Crippen LogP contribution in [0.5, 0.6) is 0 Å². The minimum absolute atomic E-state index is 0.411. The molecule has 0 N–H and O–H groups in total. The summed E-state index contributed by atoms with van der Waals surface area (Å²) in [5.41, 5.74) is 0. The smallest absolute Gasteiger partial charge is 0.135 e. The SMILES string of the molecule is CCCCC(=O)C1CCC(C2CCC(CCCC)CC2C)CC1. The van der Waals surface area contributed by atoms with Gasteiger partial charge >= 0.3 is 0 Å². The van der Waals surface area contributed by atoms with Gasteiger partial charge in [-0.05, 0) is 68.6 Å². The molecule has 1 heteroatoms. The lowest BCUT2D eigenvalue weighted by atomic mass is 9.64. The summed E-state index contributed by atoms with van der Waals surface area (Å²) in [5.74, 6) is 4.79. The quantitative estimate of drug-likeness (QED) is 0.481. The number of ketones is 1. The van der Waals surface area contributed by atoms with Crippen molar-refractivity contribution in [2.24, 2.45) is 29.6 Å². The van der Waals surface area contributed by atoms with Gasteiger partial charge in [0, 0.05) is 12.3 Å². The minimum atomic E-state index is 0.411. The molecule has 0 aromatic heterocycles. The number of carbonyl (C=O) groups excluding carboxylic acids is 1. The van der Waals surface area contributed by atoms with Gasteiger partial charge in [-0.2, -0.15) is 0 Å². The normalized spacial score (nSPS) is 35.2. The molecule has 0 heterocycles. The highest BCUT2D eigenvalue weighted by Gasteiger charge is 2.35. The maximum absolute atomic E-state index is 12.2. The summed E-state index contributed by atoms with van der Waals surface area (Å²) in [5, 5.41) is 0. The molecule has 0 bridgehead atoms. The highest BCUT2D eigenvalue weighted by Crippen LogP contribution is 2.45. The van der Waals surface area contributed by atoms with Crippen molar-refractivity contribution in [3.63, 3.8) is 0 Å². The van der Waals surface area contributed by atoms with Gasteiger partial charge in [-0.3, -0.25) is 4.79 Å². The fourth-order valence-electron chi connectivity index (χ4n) is 5.41. The van der Waals surface area contributed by atoms with Gasteiger partial charge in [-0.25, -0.2) is 0 Å². The van der Waals surface area contributed by atoms with E-state index in [0.717, 1.165) is 42.9 Å². The summed E-state index contributed by atoms with van der Waals surface area (Å²) in [6.07, 6.45) is 16.8. The number of carbonyl (C=O) groups is 1. The van der Waals surface area contributed by atoms with Gasteiger partial charge < -0.3 is 0 Å². The molecule has 0 radical (unpaired) electrons. The summed E-state index contributed by atoms with van der Waals surface area (Å²) < 4.78 is 0. The molecule has 2 saturated carbocycles. The predicted octanol–water partition coefficient (Wildman–Crippen LogP) is 6.79. The lowest BCUT2D eigenvalue weighted by molar-refractivity contribution is -0.124. The van der Waals surface area contributed by atoms with E-state index in [-0.39, 0.29) is 0 Å². The van der Waals surface area contributed by atoms with E-state index < -0.39 is 0 Å². The van der Waals surface area contributed by atoms with Crippen LogP contribution in [-0.2, 0) is 4.79 Å². The molecular formula is C22H40O. The largest absolute Gasteiger partial charge is 0.299 e. The third-order valence-corrected chi connectivity index (χ3v) is 6.92. The van der Waals surface area contributed by atoms with Gasteiger partial charge in [0.25, 0.3) is 0 Å². The number of Topliss-reactive ketones (excluding diaryl/α,β-unsaturated/α-hetero) is 1. The van der Waals surface area contributed by atoms with Crippen LogP contribution in [0.2, 0.25) is 0 Å². The second-order valence-electron chi connectivity index (χ2n) is 8.64. The lowest BCUT2D eigenvalue weighted by Crippen LogP contribution is -2.32. The number of rotatable bonds is 8. The Bertz CT molecular complexity index is 340. The van der Waals surface area contributed by atoms with Gasteiger partial charge in [0.15, 0.2) is 0 Å². The monoisotopic (exact) mass is 320 g/mol. The molecule has 0 aliphatic heterocycles. The molecule has 2 aliphatic carbocycles. The molecule has 0 spiro atoms. The van der Waals surface area contributed by atoms with Gasteiger partial charge in [0.1, 0.15) is 5.78 Å². The van der Waals surface area contributed by atoms with Crippen LogP contribution < -0.4 is 0 Å². The van der Waals surface area contributed by atoms with Crippen LogP contribution in [0.15, 0.2) is 0 Å². The Kier molecular flexibility index (Phi) is 8.13. The fraction of sp³-hybridized carbons (Fsp3) is 0.955. The zero-order chi connectivity index (χ0) is 16.7. The van der Waals surface area contributed by atoms with Crippen molar-refractivity contribution in [3.8, 4) is 0 Å². The van der Waals surface area contributed by atoms with E-state index in [2.05, 4.69) is 20.8 Å². The fourth-order valence-corrected chi connectivity index (χ4v) is 5.41. The van der Waals surface area contributed by atoms with Crippen molar-refractivity contribution in [3.05, 3.63) is 0 Å². The van der Waals surface area contributed by atoms with Crippen LogP contribution in [0, 0.1) is 29.6 Å². The van der Waals surface area contributed by atoms with Gasteiger partial charge in [0.2, 0.25) is 0 Å². The molecule has 2 rings (SSSR count). The summed E-state index contributed by atoms with van der Waals surface area (Å²) in [6.45, 7) is 7.01. The molecule has 0 amide bonds. The number of hydrogen-bond acceptors (Lipinski definition) is 1. The first-order valence-electron chi connectivity index (χ1n) is 10.7. The van der Waals surface area contributed by atoms with Crippen LogP contribution >= 0.6 is 0 Å². The molecule has 3 unspecified atom stereocenters. The van der Waals surface area contributed by atoms with Crippen molar-refractivity contribution in [1.29, 1.82) is 0 Å². The molecule has 0 saturated heterocycles. The van der Waals surface area contributed by atoms with Crippen LogP contribution in [0.4, 0.5) is 0 Å². The average molecular weight is 321 g/mol. The Morgan fingerprint density at radius 2 is 1.61 bits per heavy atom. The molecule has 0 aromatic carbocycles. The van der Waals surface area contributed by atoms with Crippen LogP contribution in [0.3, 0.4) is 0 Å². The molecule has 2 fully saturated rings. The van der Waals surface area contributed by atoms with E-state index in [0.29, 0.717) is 11.7 Å². The van der Waals surface area contributed by atoms with Gasteiger partial charge in [0.05, 0.1) is 0 Å². The minimum Gasteiger partial charge on any atom is -0.299 e. The van der Waals surface area contributed by atoms with Gasteiger partial charge in [-0.1, -0.05) is 52.9 Å². The summed E-state index contributed by atoms with van der Waals surface area (Å²) >= 11 is 0. The Balaban J connectivity index is 1.74. The maximum atomic E-state index is 12.2. The first-order valence-corrected chi connectivity index (χ1v) is 10.7. The van der Waals surface area contributed by atoms with Crippen molar-refractivity contribution >= 4 is 5.78 Å². The predicted molar refractivity (Wildman–Crippen MR) is 99.5 cm³/mol. The Morgan fingerprint density at radius 1 is 0.913 bits per heavy atom. The topological polar surface area (TPSA) is 17.1 Å². The molecule has 23 heavy (non-hydrogen) atoms. The standard InChI is InChI=1S/C22H40O/c1-4-6-8-18-10-15-21(17(3)16-18)19-11-13-20(14-12-19)22(23)9-7-5-2/h17-21H,4-16H2,1-3H3. The Morgan fingerprint density at radius 3 is 2.22 bits per heavy atom. The maximum Gasteiger partial charge on any atom is 0.135 e. The molecule has 0 aromatic rings. The van der Waals surface area contributed by atoms with E-state index in [1.807, 2.05) is 0 Å². The first kappa shape index (κ1) is 19.0. The summed E-state index contributed by atoms with van der Waals surface area (Å²) in [6, 6.07) is 0. The third kappa shape index (κ3) is 5.61. The zero-order valence-corrected chi connectivity index (χ0v) is 16.0. The van der Waals surface area contributed by atoms with E-state index >= 15 is 0 Å². The van der Waals surface area contributed by atoms with Gasteiger partial charge in [-0.15, -0.1) is 0 Å². The van der Waals surface area contributed by atoms with E-state index in [1.165, 1.54) is 64.2 Å². The molecule has 3 atom stereocenters. The summed E-state index contributed by atoms with van der Waals surface area (Å²) in [4.78, 5) is 12.2. The van der Waals surface area contributed by atoms with E-state index in [9.17, 15) is 4.79 Å². The first-order chi connectivity index (χ1) is 11.2. The lowest BCUT2D eigenvalue weighted by Gasteiger charge is -2.41. The number of unbranched alkanes of at least 4 members (excludes halogenated alkanes) is 2. The van der Waals surface area contributed by atoms with Crippen LogP contribution in [-0.4, -0.2) is 5.78 Å². The van der Waals surface area contributed by atoms with Crippen molar-refractivity contribution in [2.75, 3.05) is 0 Å². The molecule has 1 nitrogen and oxygen atoms in total. The van der Waals surface area contributed by atoms with Crippen molar-refractivity contribution < 1.29 is 4.79 Å². The summed E-state index contributed by atoms with van der Waals surface area (Å²) in [7, 11) is 0. The Labute approximate surface area is 145 Å².